The Morgan fingerprint density at radius 3 is 2.09 bits per heavy atom. The summed E-state index contributed by atoms with van der Waals surface area (Å²) in [6.45, 7) is 9.81. The minimum atomic E-state index is -4.26. The van der Waals surface area contributed by atoms with Crippen LogP contribution in [0.3, 0.4) is 0 Å². The third kappa shape index (κ3) is 10.9. The van der Waals surface area contributed by atoms with Crippen LogP contribution in [0.1, 0.15) is 44.5 Å². The van der Waals surface area contributed by atoms with Crippen LogP contribution in [-0.4, -0.2) is 18.6 Å². The minimum absolute atomic E-state index is 0.248. The molecule has 1 rings (SSSR count). The van der Waals surface area contributed by atoms with E-state index in [0.717, 1.165) is 6.07 Å². The number of nitrogens with zero attached hydrogens (tertiary/aromatic N) is 1. The number of carbonyl (C=O) groups is 1. The molecule has 0 aliphatic heterocycles. The number of ether oxygens (including phenoxy) is 1. The van der Waals surface area contributed by atoms with Gasteiger partial charge in [0.25, 0.3) is 6.47 Å². The van der Waals surface area contributed by atoms with E-state index in [1.807, 2.05) is 6.92 Å². The van der Waals surface area contributed by atoms with E-state index in [-0.39, 0.29) is 5.56 Å². The lowest BCUT2D eigenvalue weighted by atomic mass is 10.1. The molecule has 6 heteroatoms. The van der Waals surface area contributed by atoms with Gasteiger partial charge in [-0.05, 0) is 45.7 Å². The minimum Gasteiger partial charge on any atom is -0.471 e. The topological polar surface area (TPSA) is 39.2 Å². The predicted molar refractivity (Wildman–Crippen MR) is 81.5 cm³/mol. The molecule has 0 aliphatic rings. The molecule has 0 saturated carbocycles. The molecule has 0 spiro atoms. The van der Waals surface area contributed by atoms with Crippen molar-refractivity contribution in [2.45, 2.75) is 47.2 Å². The summed E-state index contributed by atoms with van der Waals surface area (Å²) >= 11 is 0. The fourth-order valence-electron chi connectivity index (χ4n) is 1.13. The van der Waals surface area contributed by atoms with E-state index in [0.29, 0.717) is 18.6 Å². The van der Waals surface area contributed by atoms with Crippen molar-refractivity contribution in [1.29, 1.82) is 0 Å². The number of hydrogen-bond donors (Lipinski definition) is 0. The highest BCUT2D eigenvalue weighted by atomic mass is 19.4. The van der Waals surface area contributed by atoms with Crippen LogP contribution in [0.4, 0.5) is 13.2 Å². The molecule has 126 valence electrons. The van der Waals surface area contributed by atoms with Crippen LogP contribution in [0, 0.1) is 6.92 Å². The summed E-state index contributed by atoms with van der Waals surface area (Å²) in [4.78, 5) is 12.8. The highest BCUT2D eigenvalue weighted by Gasteiger charge is 2.33. The van der Waals surface area contributed by atoms with E-state index >= 15 is 0 Å². The van der Waals surface area contributed by atoms with Crippen LogP contribution in [0.15, 0.2) is 23.9 Å². The van der Waals surface area contributed by atoms with Crippen LogP contribution < -0.4 is 0 Å². The lowest BCUT2D eigenvalue weighted by Gasteiger charge is -2.11. The number of aromatic nitrogens is 1. The van der Waals surface area contributed by atoms with Crippen molar-refractivity contribution < 1.29 is 22.7 Å². The molecule has 22 heavy (non-hydrogen) atoms. The molecule has 1 aromatic rings. The van der Waals surface area contributed by atoms with E-state index < -0.39 is 11.7 Å². The molecule has 0 N–H and O–H groups in total. The Balaban J connectivity index is 0. The van der Waals surface area contributed by atoms with Crippen molar-refractivity contribution in [1.82, 2.24) is 4.98 Å². The summed E-state index contributed by atoms with van der Waals surface area (Å²) in [5, 5.41) is 0. The highest BCUT2D eigenvalue weighted by molar-refractivity contribution is 5.36. The quantitative estimate of drug-likeness (QED) is 0.584. The third-order valence-corrected chi connectivity index (χ3v) is 2.48. The SMILES string of the molecule is CC=C(C)C.CCc1cnc(C)cc1C(F)(F)F.COC=O. The van der Waals surface area contributed by atoms with Gasteiger partial charge in [-0.2, -0.15) is 13.2 Å². The largest absolute Gasteiger partial charge is 0.471 e. The molecule has 1 heterocycles. The average molecular weight is 319 g/mol. The van der Waals surface area contributed by atoms with E-state index in [1.54, 1.807) is 13.8 Å². The number of carbonyl (C=O) groups excluding carboxylic acids is 1. The van der Waals surface area contributed by atoms with Crippen LogP contribution in [0.2, 0.25) is 0 Å². The maximum Gasteiger partial charge on any atom is 0.416 e. The molecule has 0 radical (unpaired) electrons. The fraction of sp³-hybridized carbons (Fsp3) is 0.500. The lowest BCUT2D eigenvalue weighted by molar-refractivity contribution is -0.138. The van der Waals surface area contributed by atoms with Crippen molar-refractivity contribution in [3.8, 4) is 0 Å². The second-order valence-corrected chi connectivity index (χ2v) is 4.53. The second-order valence-electron chi connectivity index (χ2n) is 4.53. The van der Waals surface area contributed by atoms with Gasteiger partial charge in [-0.1, -0.05) is 18.6 Å². The van der Waals surface area contributed by atoms with Gasteiger partial charge in [0.15, 0.2) is 0 Å². The Kier molecular flexibility index (Phi) is 12.0. The number of rotatable bonds is 2. The molecule has 0 bridgehead atoms. The van der Waals surface area contributed by atoms with Crippen molar-refractivity contribution >= 4 is 6.47 Å². The maximum absolute atomic E-state index is 12.4. The van der Waals surface area contributed by atoms with E-state index in [1.165, 1.54) is 18.9 Å². The first kappa shape index (κ1) is 22.4. The van der Waals surface area contributed by atoms with Crippen LogP contribution in [0.25, 0.3) is 0 Å². The molecule has 3 nitrogen and oxygen atoms in total. The summed E-state index contributed by atoms with van der Waals surface area (Å²) in [5.74, 6) is 0. The smallest absolute Gasteiger partial charge is 0.416 e. The van der Waals surface area contributed by atoms with Crippen LogP contribution in [0.5, 0.6) is 0 Å². The van der Waals surface area contributed by atoms with Crippen molar-refractivity contribution in [2.24, 2.45) is 0 Å². The highest BCUT2D eigenvalue weighted by Crippen LogP contribution is 2.32. The first-order valence-corrected chi connectivity index (χ1v) is 6.72. The molecule has 1 aromatic heterocycles. The van der Waals surface area contributed by atoms with Crippen molar-refractivity contribution in [3.05, 3.63) is 40.7 Å². The van der Waals surface area contributed by atoms with Crippen LogP contribution in [-0.2, 0) is 22.1 Å². The van der Waals surface area contributed by atoms with Gasteiger partial charge in [-0.3, -0.25) is 9.78 Å². The summed E-state index contributed by atoms with van der Waals surface area (Å²) < 4.78 is 41.0. The summed E-state index contributed by atoms with van der Waals surface area (Å²) in [6, 6.07) is 1.08. The van der Waals surface area contributed by atoms with Gasteiger partial charge in [-0.25, -0.2) is 0 Å². The van der Waals surface area contributed by atoms with E-state index in [2.05, 4.69) is 29.6 Å². The number of aryl methyl sites for hydroxylation is 2. The Labute approximate surface area is 130 Å². The van der Waals surface area contributed by atoms with Gasteiger partial charge in [0.05, 0.1) is 12.7 Å². The number of halogens is 3. The van der Waals surface area contributed by atoms with Crippen molar-refractivity contribution in [2.75, 3.05) is 7.11 Å². The number of methoxy groups -OCH3 is 1. The first-order valence-electron chi connectivity index (χ1n) is 6.72. The van der Waals surface area contributed by atoms with Gasteiger partial charge in [-0.15, -0.1) is 0 Å². The fourth-order valence-corrected chi connectivity index (χ4v) is 1.13. The number of allylic oxidation sites excluding steroid dienone is 2. The molecule has 0 aromatic carbocycles. The molecular weight excluding hydrogens is 295 g/mol. The summed E-state index contributed by atoms with van der Waals surface area (Å²) in [5.41, 5.74) is 1.45. The zero-order valence-corrected chi connectivity index (χ0v) is 13.9. The molecule has 0 saturated heterocycles. The molecule has 0 amide bonds. The molecule has 0 atom stereocenters. The standard InChI is InChI=1S/C9H10F3N.C5H10.C2H4O2/c1-3-7-5-13-6(2)4-8(7)9(10,11)12;1-4-5(2)3;1-4-2-3/h4-5H,3H2,1-2H3;4H,1-3H3;2H,1H3. The first-order chi connectivity index (χ1) is 10.1. The molecular formula is C16H24F3NO2. The zero-order valence-electron chi connectivity index (χ0n) is 13.9. The Morgan fingerprint density at radius 2 is 1.82 bits per heavy atom. The summed E-state index contributed by atoms with van der Waals surface area (Å²) in [6.07, 6.45) is -0.542. The predicted octanol–water partition coefficient (Wildman–Crippen LogP) is 4.73. The van der Waals surface area contributed by atoms with Gasteiger partial charge < -0.3 is 4.74 Å². The number of hydrogen-bond acceptors (Lipinski definition) is 3. The Hall–Kier alpha value is -1.85. The molecule has 0 unspecified atom stereocenters. The van der Waals surface area contributed by atoms with Gasteiger partial charge in [0.2, 0.25) is 0 Å². The average Bonchev–Trinajstić information content (AvgIpc) is 2.47. The maximum atomic E-state index is 12.4. The van der Waals surface area contributed by atoms with Gasteiger partial charge in [0.1, 0.15) is 0 Å². The van der Waals surface area contributed by atoms with Gasteiger partial charge in [0, 0.05) is 11.9 Å². The lowest BCUT2D eigenvalue weighted by Crippen LogP contribution is -2.09. The molecule has 0 aliphatic carbocycles. The van der Waals surface area contributed by atoms with Crippen molar-refractivity contribution in [3.63, 3.8) is 0 Å². The normalized spacial score (nSPS) is 9.50. The number of alkyl halides is 3. The summed E-state index contributed by atoms with van der Waals surface area (Å²) in [7, 11) is 1.31. The van der Waals surface area contributed by atoms with E-state index in [9.17, 15) is 13.2 Å². The second kappa shape index (κ2) is 11.8. The number of pyridine rings is 1. The van der Waals surface area contributed by atoms with Crippen LogP contribution >= 0.6 is 0 Å². The Bertz CT molecular complexity index is 465. The van der Waals surface area contributed by atoms with E-state index in [4.69, 9.17) is 4.79 Å². The monoisotopic (exact) mass is 319 g/mol. The zero-order chi connectivity index (χ0) is 17.8. The molecule has 0 fully saturated rings. The van der Waals surface area contributed by atoms with Gasteiger partial charge >= 0.3 is 6.18 Å². The Morgan fingerprint density at radius 1 is 1.36 bits per heavy atom. The third-order valence-electron chi connectivity index (χ3n) is 2.48.